The summed E-state index contributed by atoms with van der Waals surface area (Å²) in [5.74, 6) is -1.10. The van der Waals surface area contributed by atoms with Crippen LogP contribution in [-0.2, 0) is 18.9 Å². The second kappa shape index (κ2) is 18.5. The molecule has 2 aliphatic heterocycles. The molecule has 0 bridgehead atoms. The van der Waals surface area contributed by atoms with Gasteiger partial charge < -0.3 is 14.4 Å². The Morgan fingerprint density at radius 2 is 1.42 bits per heavy atom. The quantitative estimate of drug-likeness (QED) is 0.0874. The van der Waals surface area contributed by atoms with Crippen LogP contribution in [0.25, 0.3) is 11.1 Å². The van der Waals surface area contributed by atoms with Crippen LogP contribution in [0.1, 0.15) is 95.3 Å². The minimum absolute atomic E-state index is 0.0222. The van der Waals surface area contributed by atoms with Crippen LogP contribution in [0.4, 0.5) is 24.5 Å². The van der Waals surface area contributed by atoms with Crippen LogP contribution < -0.4 is 16.0 Å². The molecule has 4 rings (SSSR count). The molecule has 57 heavy (non-hydrogen) atoms. The Bertz CT molecular complexity index is 2020. The van der Waals surface area contributed by atoms with Gasteiger partial charge in [-0.3, -0.25) is 5.32 Å². The Kier molecular flexibility index (Phi) is 14.3. The van der Waals surface area contributed by atoms with Gasteiger partial charge in [-0.2, -0.15) is 0 Å². The fraction of sp³-hybridized carbons (Fsp3) is 0.462. The summed E-state index contributed by atoms with van der Waals surface area (Å²) in [5.41, 5.74) is 0.451. The van der Waals surface area contributed by atoms with Crippen LogP contribution in [-0.4, -0.2) is 95.8 Å². The van der Waals surface area contributed by atoms with Crippen molar-refractivity contribution in [3.63, 3.8) is 0 Å². The summed E-state index contributed by atoms with van der Waals surface area (Å²) < 4.78 is 36.2. The normalized spacial score (nSPS) is 15.2. The van der Waals surface area contributed by atoms with E-state index in [2.05, 4.69) is 20.9 Å². The third-order valence-electron chi connectivity index (χ3n) is 7.85. The van der Waals surface area contributed by atoms with Gasteiger partial charge in [0.1, 0.15) is 11.2 Å². The molecule has 3 N–H and O–H groups in total. The molecule has 0 unspecified atom stereocenters. The van der Waals surface area contributed by atoms with E-state index in [0.717, 1.165) is 23.1 Å². The summed E-state index contributed by atoms with van der Waals surface area (Å²) in [4.78, 5) is 59.5. The fourth-order valence-corrected chi connectivity index (χ4v) is 6.45. The molecule has 4 amide bonds. The van der Waals surface area contributed by atoms with Crippen LogP contribution in [0.15, 0.2) is 47.5 Å². The predicted molar refractivity (Wildman–Crippen MR) is 217 cm³/mol. The monoisotopic (exact) mass is 805 g/mol. The van der Waals surface area contributed by atoms with E-state index in [0.29, 0.717) is 42.9 Å². The molecule has 0 spiro atoms. The number of amides is 4. The molecule has 0 saturated carbocycles. The smallest absolute Gasteiger partial charge is 0.205 e. The van der Waals surface area contributed by atoms with Gasteiger partial charge in [0.15, 0.2) is 0 Å². The van der Waals surface area contributed by atoms with Crippen molar-refractivity contribution in [2.75, 3.05) is 31.5 Å². The summed E-state index contributed by atoms with van der Waals surface area (Å²) in [6.07, 6.45) is 4.04. The number of anilines is 1. The molecule has 2 aliphatic rings. The van der Waals surface area contributed by atoms with Gasteiger partial charge in [0.05, 0.1) is 0 Å². The standard InChI is InChI=1S/C39H49BFN7O8S/c1-37(2,3)54-34(50)44-32(40-53-23-42)47-18-16-25(17-19-47)29-12-13-30(57-29)31(49)43-28-11-10-26(22-27(28)41)24-14-20-48(21-15-24)33(45-35(51)55-38(4,5)6)46-36(52)56-39(7,8)9/h10-14,16,22H,15,17-21H2,1-9H3,(H,43,49)(H,44,50)(H,45,46,51,52). The van der Waals surface area contributed by atoms with Crippen molar-refractivity contribution in [1.82, 2.24) is 20.4 Å². The summed E-state index contributed by atoms with van der Waals surface area (Å²) >= 11 is 1.27. The van der Waals surface area contributed by atoms with E-state index in [9.17, 15) is 19.2 Å². The minimum atomic E-state index is -0.873. The van der Waals surface area contributed by atoms with Crippen LogP contribution in [0.3, 0.4) is 0 Å². The number of thiophene rings is 1. The number of hydrogen-bond donors (Lipinski definition) is 3. The zero-order valence-corrected chi connectivity index (χ0v) is 34.5. The number of guanidine groups is 1. The Labute approximate surface area is 336 Å². The van der Waals surface area contributed by atoms with Gasteiger partial charge >= 0.3 is 191 Å². The average molecular weight is 806 g/mol. The molecule has 15 nitrogen and oxygen atoms in total. The summed E-state index contributed by atoms with van der Waals surface area (Å²) in [7, 11) is 1.15. The molecule has 18 heteroatoms. The molecule has 0 saturated heterocycles. The number of halogens is 1. The SMILES string of the molecule is CC(C)(C)OC(=O)N=C(NC(=O)OC(C)(C)C)N1CC=C(c2ccc(NC(=O)c3ccc(C4=CCN(C(=BOC#N)NC(=O)OC(C)(C)C)CC4)s3)c(F)c2)CC1. The number of carbonyl (C=O) groups excluding carboxylic acids is 4. The van der Waals surface area contributed by atoms with E-state index < -0.39 is 46.8 Å². The van der Waals surface area contributed by atoms with Crippen molar-refractivity contribution >= 4 is 71.2 Å². The van der Waals surface area contributed by atoms with E-state index in [4.69, 9.17) is 24.1 Å². The number of hydrogen-bond acceptors (Lipinski definition) is 11. The third kappa shape index (κ3) is 14.1. The summed E-state index contributed by atoms with van der Waals surface area (Å²) in [5, 5.41) is 16.7. The van der Waals surface area contributed by atoms with Crippen LogP contribution in [0.5, 0.6) is 0 Å². The van der Waals surface area contributed by atoms with Gasteiger partial charge in [0.2, 0.25) is 5.96 Å². The second-order valence-corrected chi connectivity index (χ2v) is 17.1. The van der Waals surface area contributed by atoms with Crippen molar-refractivity contribution < 1.29 is 42.4 Å². The van der Waals surface area contributed by atoms with Crippen molar-refractivity contribution in [1.29, 1.82) is 5.26 Å². The number of aliphatic imine (C=N–C) groups is 1. The van der Waals surface area contributed by atoms with Gasteiger partial charge in [0, 0.05) is 13.1 Å². The average Bonchev–Trinajstić information content (AvgIpc) is 3.59. The first kappa shape index (κ1) is 44.0. The van der Waals surface area contributed by atoms with E-state index in [1.165, 1.54) is 23.5 Å². The molecule has 1 aromatic heterocycles. The van der Waals surface area contributed by atoms with E-state index in [1.54, 1.807) is 85.6 Å². The molecule has 0 radical (unpaired) electrons. The number of nitrogens with zero attached hydrogens (tertiary/aromatic N) is 4. The first-order chi connectivity index (χ1) is 26.6. The molecule has 1 aromatic carbocycles. The molecular formula is C39H49BFN7O8S. The van der Waals surface area contributed by atoms with E-state index in [1.807, 2.05) is 23.1 Å². The first-order valence-electron chi connectivity index (χ1n) is 18.2. The zero-order chi connectivity index (χ0) is 42.1. The van der Waals surface area contributed by atoms with Crippen molar-refractivity contribution in [2.24, 2.45) is 4.99 Å². The van der Waals surface area contributed by atoms with Crippen LogP contribution in [0, 0.1) is 17.3 Å². The minimum Gasteiger partial charge on any atom is -0.205 e. The van der Waals surface area contributed by atoms with Crippen molar-refractivity contribution in [3.05, 3.63) is 63.6 Å². The van der Waals surface area contributed by atoms with Crippen LogP contribution in [0.2, 0.25) is 0 Å². The summed E-state index contributed by atoms with van der Waals surface area (Å²) in [6, 6.07) is 8.10. The number of nitriles is 1. The third-order valence-corrected chi connectivity index (χ3v) is 9.01. The molecule has 2 aromatic rings. The molecule has 0 atom stereocenters. The number of carbonyl (C=O) groups is 4. The Morgan fingerprint density at radius 3 is 1.98 bits per heavy atom. The Morgan fingerprint density at radius 1 is 0.825 bits per heavy atom. The van der Waals surface area contributed by atoms with Gasteiger partial charge in [0.25, 0.3) is 0 Å². The molecule has 3 heterocycles. The summed E-state index contributed by atoms with van der Waals surface area (Å²) in [6.45, 7) is 17.0. The number of nitrogens with one attached hydrogen (secondary N) is 3. The maximum atomic E-state index is 15.4. The van der Waals surface area contributed by atoms with Gasteiger partial charge in [-0.25, -0.2) is 14.0 Å². The molecule has 0 aliphatic carbocycles. The molecule has 304 valence electrons. The van der Waals surface area contributed by atoms with Gasteiger partial charge in [-0.1, -0.05) is 12.1 Å². The number of benzene rings is 1. The topological polar surface area (TPSA) is 184 Å². The zero-order valence-electron chi connectivity index (χ0n) is 33.7. The van der Waals surface area contributed by atoms with Crippen molar-refractivity contribution in [3.8, 4) is 6.26 Å². The second-order valence-electron chi connectivity index (χ2n) is 16.0. The molecular weight excluding hydrogens is 756 g/mol. The van der Waals surface area contributed by atoms with Crippen LogP contribution >= 0.6 is 11.3 Å². The first-order valence-corrected chi connectivity index (χ1v) is 19.1. The number of alkyl carbamates (subject to hydrolysis) is 2. The number of ether oxygens (including phenoxy) is 3. The van der Waals surface area contributed by atoms with E-state index in [-0.39, 0.29) is 23.9 Å². The fourth-order valence-electron chi connectivity index (χ4n) is 5.49. The maximum absolute atomic E-state index is 15.4. The Hall–Kier alpha value is -5.70. The predicted octanol–water partition coefficient (Wildman–Crippen LogP) is 6.86. The molecule has 0 fully saturated rings. The number of rotatable bonds is 7. The van der Waals surface area contributed by atoms with Gasteiger partial charge in [-0.15, -0.1) is 4.99 Å². The van der Waals surface area contributed by atoms with Gasteiger partial charge in [-0.05, 0) is 65.2 Å². The van der Waals surface area contributed by atoms with E-state index >= 15 is 4.39 Å². The Balaban J connectivity index is 1.39. The van der Waals surface area contributed by atoms with Crippen molar-refractivity contribution in [2.45, 2.75) is 92.0 Å².